The number of ether oxygens (including phenoxy) is 3. The lowest BCUT2D eigenvalue weighted by Gasteiger charge is -2.18. The van der Waals surface area contributed by atoms with Crippen LogP contribution in [0.4, 0.5) is 11.4 Å². The van der Waals surface area contributed by atoms with Gasteiger partial charge in [-0.2, -0.15) is 0 Å². The number of para-hydroxylation sites is 1. The first kappa shape index (κ1) is 24.5. The number of esters is 1. The van der Waals surface area contributed by atoms with Crippen molar-refractivity contribution in [1.82, 2.24) is 0 Å². The van der Waals surface area contributed by atoms with Gasteiger partial charge in [0, 0.05) is 12.0 Å². The number of carbonyl (C=O) groups is 4. The van der Waals surface area contributed by atoms with Crippen LogP contribution < -0.4 is 20.1 Å². The minimum atomic E-state index is -0.746. The largest absolute Gasteiger partial charge is 0.497 e. The summed E-state index contributed by atoms with van der Waals surface area (Å²) in [4.78, 5) is 49.2. The zero-order valence-corrected chi connectivity index (χ0v) is 19.5. The van der Waals surface area contributed by atoms with E-state index in [9.17, 15) is 19.2 Å². The summed E-state index contributed by atoms with van der Waals surface area (Å²) in [6.45, 7) is -0.596. The second kappa shape index (κ2) is 11.2. The number of fused-ring (bicyclic) bond motifs is 1. The van der Waals surface area contributed by atoms with Crippen molar-refractivity contribution in [3.63, 3.8) is 0 Å². The first-order valence-corrected chi connectivity index (χ1v) is 11.2. The van der Waals surface area contributed by atoms with Crippen LogP contribution in [0, 0.1) is 0 Å². The summed E-state index contributed by atoms with van der Waals surface area (Å²) in [6, 6.07) is 18.4. The van der Waals surface area contributed by atoms with Crippen molar-refractivity contribution >= 4 is 34.9 Å². The predicted molar refractivity (Wildman–Crippen MR) is 132 cm³/mol. The van der Waals surface area contributed by atoms with Gasteiger partial charge in [0.1, 0.15) is 11.5 Å². The molecule has 2 N–H and O–H groups in total. The Morgan fingerprint density at radius 3 is 2.58 bits per heavy atom. The molecule has 0 fully saturated rings. The minimum absolute atomic E-state index is 0.0880. The van der Waals surface area contributed by atoms with E-state index in [0.29, 0.717) is 23.5 Å². The number of benzene rings is 3. The van der Waals surface area contributed by atoms with Gasteiger partial charge in [-0.1, -0.05) is 24.3 Å². The lowest BCUT2D eigenvalue weighted by molar-refractivity contribution is -0.118. The van der Waals surface area contributed by atoms with Crippen molar-refractivity contribution in [2.45, 2.75) is 12.8 Å². The van der Waals surface area contributed by atoms with Crippen molar-refractivity contribution in [3.8, 4) is 11.5 Å². The Morgan fingerprint density at radius 2 is 1.81 bits per heavy atom. The van der Waals surface area contributed by atoms with Crippen LogP contribution in [0.2, 0.25) is 0 Å². The maximum Gasteiger partial charge on any atom is 0.340 e. The summed E-state index contributed by atoms with van der Waals surface area (Å²) in [5.41, 5.74) is 2.04. The van der Waals surface area contributed by atoms with Crippen molar-refractivity contribution in [2.75, 3.05) is 31.0 Å². The highest BCUT2D eigenvalue weighted by Crippen LogP contribution is 2.28. The molecular weight excluding hydrogens is 464 g/mol. The third-order valence-electron chi connectivity index (χ3n) is 5.49. The molecule has 0 bridgehead atoms. The highest BCUT2D eigenvalue weighted by Gasteiger charge is 2.20. The normalized spacial score (nSPS) is 12.0. The van der Waals surface area contributed by atoms with Gasteiger partial charge in [0.25, 0.3) is 5.91 Å². The molecule has 0 saturated carbocycles. The zero-order chi connectivity index (χ0) is 25.5. The van der Waals surface area contributed by atoms with E-state index in [1.165, 1.54) is 18.2 Å². The fourth-order valence-corrected chi connectivity index (χ4v) is 3.58. The van der Waals surface area contributed by atoms with Crippen LogP contribution in [0.15, 0.2) is 66.7 Å². The maximum absolute atomic E-state index is 12.7. The fourth-order valence-electron chi connectivity index (χ4n) is 3.58. The van der Waals surface area contributed by atoms with Crippen LogP contribution in [0.25, 0.3) is 0 Å². The molecule has 1 heterocycles. The lowest BCUT2D eigenvalue weighted by Crippen LogP contribution is -2.25. The van der Waals surface area contributed by atoms with Crippen LogP contribution in [-0.2, 0) is 20.7 Å². The topological polar surface area (TPSA) is 120 Å². The van der Waals surface area contributed by atoms with Gasteiger partial charge >= 0.3 is 5.97 Å². The highest BCUT2D eigenvalue weighted by atomic mass is 16.5. The van der Waals surface area contributed by atoms with Crippen LogP contribution >= 0.6 is 0 Å². The van der Waals surface area contributed by atoms with E-state index in [1.807, 2.05) is 24.3 Å². The van der Waals surface area contributed by atoms with Crippen molar-refractivity contribution in [1.29, 1.82) is 0 Å². The Bertz CT molecular complexity index is 1300. The SMILES string of the molecule is COc1ccc(CCC(=O)Nc2ccccc2C(=O)OCC(=O)c2ccc3c(c2)NC(=O)CO3)cc1. The second-order valence-corrected chi connectivity index (χ2v) is 7.99. The molecule has 0 aromatic heterocycles. The van der Waals surface area contributed by atoms with Gasteiger partial charge < -0.3 is 24.8 Å². The number of amides is 2. The molecule has 0 spiro atoms. The van der Waals surface area contributed by atoms with Gasteiger partial charge in [0.15, 0.2) is 19.0 Å². The summed E-state index contributed by atoms with van der Waals surface area (Å²) in [5, 5.41) is 5.37. The minimum Gasteiger partial charge on any atom is -0.497 e. The summed E-state index contributed by atoms with van der Waals surface area (Å²) in [5.74, 6) is -0.584. The number of carbonyl (C=O) groups excluding carboxylic acids is 4. The summed E-state index contributed by atoms with van der Waals surface area (Å²) in [7, 11) is 1.59. The number of ketones is 1. The average Bonchev–Trinajstić information content (AvgIpc) is 2.90. The Hall–Kier alpha value is -4.66. The molecule has 2 amide bonds. The van der Waals surface area contributed by atoms with Crippen LogP contribution in [0.5, 0.6) is 11.5 Å². The summed E-state index contributed by atoms with van der Waals surface area (Å²) >= 11 is 0. The molecule has 3 aromatic rings. The van der Waals surface area contributed by atoms with Crippen LogP contribution in [0.1, 0.15) is 32.7 Å². The molecular formula is C27H24N2O7. The van der Waals surface area contributed by atoms with E-state index in [-0.39, 0.29) is 36.0 Å². The summed E-state index contributed by atoms with van der Waals surface area (Å²) < 4.78 is 15.6. The Balaban J connectivity index is 1.33. The van der Waals surface area contributed by atoms with E-state index in [0.717, 1.165) is 11.3 Å². The number of hydrogen-bond acceptors (Lipinski definition) is 7. The zero-order valence-electron chi connectivity index (χ0n) is 19.5. The Morgan fingerprint density at radius 1 is 1.03 bits per heavy atom. The molecule has 3 aromatic carbocycles. The molecule has 9 nitrogen and oxygen atoms in total. The van der Waals surface area contributed by atoms with Gasteiger partial charge in [0.2, 0.25) is 5.91 Å². The molecule has 1 aliphatic rings. The fraction of sp³-hybridized carbons (Fsp3) is 0.185. The number of methoxy groups -OCH3 is 1. The number of rotatable bonds is 9. The van der Waals surface area contributed by atoms with E-state index in [2.05, 4.69) is 10.6 Å². The maximum atomic E-state index is 12.7. The lowest BCUT2D eigenvalue weighted by atomic mass is 10.1. The van der Waals surface area contributed by atoms with E-state index in [4.69, 9.17) is 14.2 Å². The van der Waals surface area contributed by atoms with Crippen LogP contribution in [0.3, 0.4) is 0 Å². The smallest absolute Gasteiger partial charge is 0.340 e. The van der Waals surface area contributed by atoms with Gasteiger partial charge in [-0.3, -0.25) is 14.4 Å². The highest BCUT2D eigenvalue weighted by molar-refractivity contribution is 6.04. The Labute approximate surface area is 207 Å². The Kier molecular flexibility index (Phi) is 7.60. The third-order valence-corrected chi connectivity index (χ3v) is 5.49. The van der Waals surface area contributed by atoms with Crippen molar-refractivity contribution in [2.24, 2.45) is 0 Å². The molecule has 1 aliphatic heterocycles. The van der Waals surface area contributed by atoms with Crippen molar-refractivity contribution in [3.05, 3.63) is 83.4 Å². The standard InChI is InChI=1S/C27H24N2O7/c1-34-19-10-6-17(7-11-19)8-13-25(31)28-21-5-3-2-4-20(21)27(33)36-15-23(30)18-9-12-24-22(14-18)29-26(32)16-35-24/h2-7,9-12,14H,8,13,15-16H2,1H3,(H,28,31)(H,29,32). The first-order chi connectivity index (χ1) is 17.4. The van der Waals surface area contributed by atoms with Crippen molar-refractivity contribution < 1.29 is 33.4 Å². The van der Waals surface area contributed by atoms with Crippen LogP contribution in [-0.4, -0.2) is 43.9 Å². The monoisotopic (exact) mass is 488 g/mol. The van der Waals surface area contributed by atoms with Gasteiger partial charge in [0.05, 0.1) is 24.0 Å². The first-order valence-electron chi connectivity index (χ1n) is 11.2. The summed E-state index contributed by atoms with van der Waals surface area (Å²) in [6.07, 6.45) is 0.732. The van der Waals surface area contributed by atoms with Gasteiger partial charge in [-0.15, -0.1) is 0 Å². The number of anilines is 2. The number of aryl methyl sites for hydroxylation is 1. The molecule has 4 rings (SSSR count). The predicted octanol–water partition coefficient (Wildman–Crippen LogP) is 3.64. The quantitative estimate of drug-likeness (QED) is 0.349. The van der Waals surface area contributed by atoms with E-state index < -0.39 is 18.4 Å². The molecule has 0 radical (unpaired) electrons. The number of hydrogen-bond donors (Lipinski definition) is 2. The molecule has 0 unspecified atom stereocenters. The molecule has 0 aliphatic carbocycles. The van der Waals surface area contributed by atoms with E-state index >= 15 is 0 Å². The van der Waals surface area contributed by atoms with Gasteiger partial charge in [-0.05, 0) is 54.4 Å². The average molecular weight is 488 g/mol. The molecule has 9 heteroatoms. The molecule has 0 saturated heterocycles. The van der Waals surface area contributed by atoms with E-state index in [1.54, 1.807) is 31.4 Å². The van der Waals surface area contributed by atoms with Gasteiger partial charge in [-0.25, -0.2) is 4.79 Å². The molecule has 36 heavy (non-hydrogen) atoms. The molecule has 184 valence electrons. The second-order valence-electron chi connectivity index (χ2n) is 7.99. The number of Topliss-reactive ketones (excluding diaryl/α,β-unsaturated/α-hetero) is 1. The molecule has 0 atom stereocenters. The number of nitrogens with one attached hydrogen (secondary N) is 2. The third kappa shape index (κ3) is 6.06.